The first-order chi connectivity index (χ1) is 8.64. The van der Waals surface area contributed by atoms with Crippen molar-refractivity contribution in [3.63, 3.8) is 0 Å². The number of amides is 1. The second-order valence-electron chi connectivity index (χ2n) is 5.59. The summed E-state index contributed by atoms with van der Waals surface area (Å²) in [6.45, 7) is 4.92. The molecule has 0 radical (unpaired) electrons. The maximum absolute atomic E-state index is 12.1. The molecular weight excluding hydrogens is 232 g/mol. The van der Waals surface area contributed by atoms with Gasteiger partial charge in [-0.05, 0) is 32.6 Å². The normalized spacial score (nSPS) is 26.1. The first-order valence-corrected chi connectivity index (χ1v) is 6.90. The van der Waals surface area contributed by atoms with Crippen LogP contribution in [0, 0.1) is 0 Å². The van der Waals surface area contributed by atoms with Gasteiger partial charge in [0.25, 0.3) is 0 Å². The van der Waals surface area contributed by atoms with Gasteiger partial charge < -0.3 is 20.1 Å². The molecule has 5 nitrogen and oxygen atoms in total. The van der Waals surface area contributed by atoms with Crippen LogP contribution in [0.1, 0.15) is 32.6 Å². The number of aliphatic hydroxyl groups excluding tert-OH is 1. The van der Waals surface area contributed by atoms with Crippen LogP contribution in [0.25, 0.3) is 0 Å². The molecule has 1 amide bonds. The van der Waals surface area contributed by atoms with Crippen LogP contribution in [-0.2, 0) is 9.53 Å². The minimum atomic E-state index is -0.157. The lowest BCUT2D eigenvalue weighted by Crippen LogP contribution is -2.59. The summed E-state index contributed by atoms with van der Waals surface area (Å²) >= 11 is 0. The molecule has 2 fully saturated rings. The highest BCUT2D eigenvalue weighted by Gasteiger charge is 2.35. The molecule has 0 aromatic rings. The van der Waals surface area contributed by atoms with Gasteiger partial charge in [-0.25, -0.2) is 0 Å². The molecule has 1 unspecified atom stereocenters. The van der Waals surface area contributed by atoms with Crippen molar-refractivity contribution in [2.45, 2.75) is 44.2 Å². The predicted molar refractivity (Wildman–Crippen MR) is 68.3 cm³/mol. The molecule has 0 bridgehead atoms. The number of hydrogen-bond donors (Lipinski definition) is 2. The lowest BCUT2D eigenvalue weighted by atomic mass is 10.0. The van der Waals surface area contributed by atoms with Gasteiger partial charge in [0.1, 0.15) is 6.61 Å². The van der Waals surface area contributed by atoms with E-state index in [-0.39, 0.29) is 24.7 Å². The smallest absolute Gasteiger partial charge is 0.248 e. The summed E-state index contributed by atoms with van der Waals surface area (Å²) in [5.74, 6) is 0.101. The summed E-state index contributed by atoms with van der Waals surface area (Å²) < 4.78 is 5.69. The molecule has 0 spiro atoms. The Kier molecular flexibility index (Phi) is 4.59. The van der Waals surface area contributed by atoms with E-state index >= 15 is 0 Å². The minimum Gasteiger partial charge on any atom is -0.396 e. The molecule has 2 N–H and O–H groups in total. The van der Waals surface area contributed by atoms with E-state index in [0.29, 0.717) is 6.04 Å². The van der Waals surface area contributed by atoms with Gasteiger partial charge >= 0.3 is 0 Å². The number of aliphatic hydroxyl groups is 1. The van der Waals surface area contributed by atoms with Gasteiger partial charge in [-0.3, -0.25) is 4.79 Å². The Bertz CT molecular complexity index is 292. The fraction of sp³-hybridized carbons (Fsp3) is 0.923. The number of ether oxygens (including phenoxy) is 1. The number of rotatable bonds is 6. The van der Waals surface area contributed by atoms with Crippen LogP contribution in [0.4, 0.5) is 0 Å². The summed E-state index contributed by atoms with van der Waals surface area (Å²) in [6, 6.07) is 0.306. The second kappa shape index (κ2) is 5.99. The fourth-order valence-corrected chi connectivity index (χ4v) is 2.69. The molecule has 104 valence electrons. The summed E-state index contributed by atoms with van der Waals surface area (Å²) in [5.41, 5.74) is -0.157. The molecule has 2 saturated heterocycles. The van der Waals surface area contributed by atoms with E-state index in [9.17, 15) is 4.79 Å². The third-order valence-electron chi connectivity index (χ3n) is 3.93. The van der Waals surface area contributed by atoms with E-state index < -0.39 is 0 Å². The number of likely N-dealkylation sites (tertiary alicyclic amines) is 1. The minimum absolute atomic E-state index is 0.101. The first-order valence-electron chi connectivity index (χ1n) is 6.90. The number of hydrogen-bond acceptors (Lipinski definition) is 4. The fourth-order valence-electron chi connectivity index (χ4n) is 2.69. The summed E-state index contributed by atoms with van der Waals surface area (Å²) in [7, 11) is 0. The second-order valence-corrected chi connectivity index (χ2v) is 5.59. The standard InChI is InChI=1S/C13H24N2O3/c1-13(9-14-10-13)18-8-12(17)15-6-2-4-11(15)5-3-7-16/h11,14,16H,2-10H2,1H3. The van der Waals surface area contributed by atoms with Crippen molar-refractivity contribution in [3.05, 3.63) is 0 Å². The molecule has 2 aliphatic rings. The summed E-state index contributed by atoms with van der Waals surface area (Å²) in [4.78, 5) is 14.1. The molecule has 0 saturated carbocycles. The van der Waals surface area contributed by atoms with Crippen molar-refractivity contribution in [3.8, 4) is 0 Å². The molecule has 1 atom stereocenters. The quantitative estimate of drug-likeness (QED) is 0.709. The third kappa shape index (κ3) is 3.22. The van der Waals surface area contributed by atoms with Gasteiger partial charge in [0, 0.05) is 32.3 Å². The largest absolute Gasteiger partial charge is 0.396 e. The lowest BCUT2D eigenvalue weighted by molar-refractivity contribution is -0.146. The number of carbonyl (C=O) groups excluding carboxylic acids is 1. The molecule has 2 aliphatic heterocycles. The van der Waals surface area contributed by atoms with Crippen LogP contribution >= 0.6 is 0 Å². The van der Waals surface area contributed by atoms with Crippen molar-refractivity contribution in [2.75, 3.05) is 32.8 Å². The van der Waals surface area contributed by atoms with Gasteiger partial charge in [-0.2, -0.15) is 0 Å². The maximum Gasteiger partial charge on any atom is 0.248 e. The molecule has 0 aromatic carbocycles. The van der Waals surface area contributed by atoms with Crippen molar-refractivity contribution in [1.29, 1.82) is 0 Å². The van der Waals surface area contributed by atoms with E-state index in [4.69, 9.17) is 9.84 Å². The highest BCUT2D eigenvalue weighted by Crippen LogP contribution is 2.22. The molecule has 2 heterocycles. The molecular formula is C13H24N2O3. The number of nitrogens with zero attached hydrogens (tertiary/aromatic N) is 1. The van der Waals surface area contributed by atoms with Crippen molar-refractivity contribution in [1.82, 2.24) is 10.2 Å². The summed E-state index contributed by atoms with van der Waals surface area (Å²) in [5, 5.41) is 12.0. The van der Waals surface area contributed by atoms with Crippen molar-refractivity contribution < 1.29 is 14.6 Å². The Morgan fingerprint density at radius 1 is 1.56 bits per heavy atom. The lowest BCUT2D eigenvalue weighted by Gasteiger charge is -2.39. The van der Waals surface area contributed by atoms with Gasteiger partial charge in [-0.15, -0.1) is 0 Å². The molecule has 18 heavy (non-hydrogen) atoms. The van der Waals surface area contributed by atoms with Crippen LogP contribution in [0.2, 0.25) is 0 Å². The molecule has 0 aromatic heterocycles. The van der Waals surface area contributed by atoms with E-state index in [1.165, 1.54) is 0 Å². The van der Waals surface area contributed by atoms with Gasteiger partial charge in [0.15, 0.2) is 0 Å². The number of carbonyl (C=O) groups is 1. The molecule has 5 heteroatoms. The third-order valence-corrected chi connectivity index (χ3v) is 3.93. The zero-order chi connectivity index (χ0) is 13.0. The summed E-state index contributed by atoms with van der Waals surface area (Å²) in [6.07, 6.45) is 3.81. The monoisotopic (exact) mass is 256 g/mol. The Morgan fingerprint density at radius 3 is 2.94 bits per heavy atom. The Balaban J connectivity index is 1.76. The molecule has 2 rings (SSSR count). The Morgan fingerprint density at radius 2 is 2.33 bits per heavy atom. The van der Waals surface area contributed by atoms with E-state index in [1.807, 2.05) is 11.8 Å². The first kappa shape index (κ1) is 13.8. The van der Waals surface area contributed by atoms with Crippen molar-refractivity contribution in [2.24, 2.45) is 0 Å². The van der Waals surface area contributed by atoms with E-state index in [1.54, 1.807) is 0 Å². The zero-order valence-electron chi connectivity index (χ0n) is 11.2. The highest BCUT2D eigenvalue weighted by molar-refractivity contribution is 5.78. The van der Waals surface area contributed by atoms with Gasteiger partial charge in [0.2, 0.25) is 5.91 Å². The number of nitrogens with one attached hydrogen (secondary N) is 1. The predicted octanol–water partition coefficient (Wildman–Crippen LogP) is 0.128. The topological polar surface area (TPSA) is 61.8 Å². The Labute approximate surface area is 108 Å². The van der Waals surface area contributed by atoms with E-state index in [2.05, 4.69) is 5.32 Å². The zero-order valence-corrected chi connectivity index (χ0v) is 11.2. The van der Waals surface area contributed by atoms with Gasteiger partial charge in [0.05, 0.1) is 5.60 Å². The average molecular weight is 256 g/mol. The average Bonchev–Trinajstić information content (AvgIpc) is 2.79. The van der Waals surface area contributed by atoms with Crippen LogP contribution in [0.3, 0.4) is 0 Å². The van der Waals surface area contributed by atoms with Crippen LogP contribution in [-0.4, -0.2) is 60.4 Å². The van der Waals surface area contributed by atoms with E-state index in [0.717, 1.165) is 45.3 Å². The van der Waals surface area contributed by atoms with Crippen LogP contribution in [0.15, 0.2) is 0 Å². The van der Waals surface area contributed by atoms with Crippen molar-refractivity contribution >= 4 is 5.91 Å². The SMILES string of the molecule is CC1(OCC(=O)N2CCCC2CCCO)CNC1. The highest BCUT2D eigenvalue weighted by atomic mass is 16.5. The Hall–Kier alpha value is -0.650. The van der Waals surface area contributed by atoms with Gasteiger partial charge in [-0.1, -0.05) is 0 Å². The molecule has 0 aliphatic carbocycles. The van der Waals surface area contributed by atoms with Crippen LogP contribution in [0.5, 0.6) is 0 Å². The maximum atomic E-state index is 12.1. The van der Waals surface area contributed by atoms with Crippen LogP contribution < -0.4 is 5.32 Å².